The van der Waals surface area contributed by atoms with Crippen molar-refractivity contribution in [3.05, 3.63) is 0 Å². The average Bonchev–Trinajstić information content (AvgIpc) is 1.95. The molecule has 0 fully saturated rings. The minimum atomic E-state index is -2.72. The maximum absolute atomic E-state index is 8.09. The first kappa shape index (κ1) is 12.3. The summed E-state index contributed by atoms with van der Waals surface area (Å²) in [5.74, 6) is 5.38. The van der Waals surface area contributed by atoms with E-state index >= 15 is 0 Å². The molecule has 0 heterocycles. The molecule has 0 N–H and O–H groups in total. The van der Waals surface area contributed by atoms with Crippen molar-refractivity contribution >= 4 is 6.15 Å². The van der Waals surface area contributed by atoms with E-state index in [1.165, 1.54) is 23.9 Å². The van der Waals surface area contributed by atoms with Crippen LogP contribution in [0.2, 0.25) is 0 Å². The van der Waals surface area contributed by atoms with Crippen LogP contribution in [0.25, 0.3) is 0 Å². The molecule has 0 spiro atoms. The van der Waals surface area contributed by atoms with Gasteiger partial charge < -0.3 is 0 Å². The monoisotopic (exact) mass is 154 g/mol. The maximum Gasteiger partial charge on any atom is 1.00 e. The van der Waals surface area contributed by atoms with Crippen molar-refractivity contribution in [1.82, 2.24) is 0 Å². The molecule has 0 aliphatic rings. The van der Waals surface area contributed by atoms with Crippen molar-refractivity contribution in [1.29, 1.82) is 21.0 Å². The SMILES string of the molecule is N#C[B-](C#N)(C#N)C#N.[K+]. The zero-order valence-electron chi connectivity index (χ0n) is 5.37. The summed E-state index contributed by atoms with van der Waals surface area (Å²) in [4.78, 5) is 0. The molecule has 0 rings (SSSR count). The van der Waals surface area contributed by atoms with Gasteiger partial charge in [-0.15, -0.1) is 23.9 Å². The summed E-state index contributed by atoms with van der Waals surface area (Å²) in [6, 6.07) is 0. The Hall–Kier alpha value is -0.339. The van der Waals surface area contributed by atoms with Crippen LogP contribution < -0.4 is 51.4 Å². The molecule has 6 heteroatoms. The van der Waals surface area contributed by atoms with E-state index < -0.39 is 6.15 Å². The van der Waals surface area contributed by atoms with E-state index in [9.17, 15) is 0 Å². The Bertz CT molecular complexity index is 210. The first-order valence-electron chi connectivity index (χ1n) is 2.05. The molecule has 0 saturated carbocycles. The fourth-order valence-electron chi connectivity index (χ4n) is 0.173. The van der Waals surface area contributed by atoms with Crippen molar-refractivity contribution in [3.63, 3.8) is 0 Å². The molecule has 4 nitrogen and oxygen atoms in total. The van der Waals surface area contributed by atoms with E-state index in [2.05, 4.69) is 0 Å². The number of hydrogen-bond donors (Lipinski definition) is 0. The molecule has 0 radical (unpaired) electrons. The quantitative estimate of drug-likeness (QED) is 0.341. The van der Waals surface area contributed by atoms with Crippen LogP contribution in [0.1, 0.15) is 0 Å². The van der Waals surface area contributed by atoms with Crippen molar-refractivity contribution in [2.75, 3.05) is 0 Å². The summed E-state index contributed by atoms with van der Waals surface area (Å²) in [6.07, 6.45) is -2.72. The van der Waals surface area contributed by atoms with Gasteiger partial charge in [0, 0.05) is 0 Å². The van der Waals surface area contributed by atoms with E-state index in [4.69, 9.17) is 21.0 Å². The summed E-state index contributed by atoms with van der Waals surface area (Å²) in [5.41, 5.74) is 0. The second-order valence-corrected chi connectivity index (χ2v) is 1.38. The van der Waals surface area contributed by atoms with Gasteiger partial charge in [-0.1, -0.05) is 0 Å². The Morgan fingerprint density at radius 2 is 0.900 bits per heavy atom. The van der Waals surface area contributed by atoms with Gasteiger partial charge in [-0.25, -0.2) is 21.0 Å². The van der Waals surface area contributed by atoms with E-state index in [-0.39, 0.29) is 51.4 Å². The van der Waals surface area contributed by atoms with Gasteiger partial charge in [0.25, 0.3) is 0 Å². The number of hydrogen-bond acceptors (Lipinski definition) is 4. The number of nitrogens with zero attached hydrogens (tertiary/aromatic N) is 4. The molecule has 0 aliphatic carbocycles. The average molecular weight is 154 g/mol. The summed E-state index contributed by atoms with van der Waals surface area (Å²) in [6.45, 7) is 0. The third-order valence-corrected chi connectivity index (χ3v) is 0.775. The first-order chi connectivity index (χ1) is 4.24. The standard InChI is InChI=1S/C4BN4.K/c6-1-5(2-7,3-8)4-9;/q-1;+1. The van der Waals surface area contributed by atoms with Gasteiger partial charge in [0.1, 0.15) is 0 Å². The zero-order chi connectivity index (χ0) is 7.33. The molecule has 0 aliphatic heterocycles. The van der Waals surface area contributed by atoms with Crippen LogP contribution in [0.5, 0.6) is 0 Å². The molecule has 10 heavy (non-hydrogen) atoms. The van der Waals surface area contributed by atoms with Crippen LogP contribution in [-0.2, 0) is 0 Å². The van der Waals surface area contributed by atoms with Crippen LogP contribution in [0.3, 0.4) is 0 Å². The molecule has 0 amide bonds. The Morgan fingerprint density at radius 3 is 0.900 bits per heavy atom. The van der Waals surface area contributed by atoms with Crippen LogP contribution in [0, 0.1) is 44.9 Å². The molecule has 0 aromatic heterocycles. The van der Waals surface area contributed by atoms with E-state index in [1.54, 1.807) is 0 Å². The van der Waals surface area contributed by atoms with Gasteiger partial charge in [0.05, 0.1) is 0 Å². The molecule has 0 unspecified atom stereocenters. The molecule has 0 saturated heterocycles. The van der Waals surface area contributed by atoms with Gasteiger partial charge in [-0.2, -0.15) is 0 Å². The van der Waals surface area contributed by atoms with Crippen molar-refractivity contribution in [3.8, 4) is 23.9 Å². The summed E-state index contributed by atoms with van der Waals surface area (Å²) >= 11 is 0. The van der Waals surface area contributed by atoms with Gasteiger partial charge in [0.2, 0.25) is 0 Å². The largest absolute Gasteiger partial charge is 1.00 e. The Balaban J connectivity index is 0. The molecular weight excluding hydrogens is 154 g/mol. The normalized spacial score (nSPS) is 6.80. The van der Waals surface area contributed by atoms with Crippen LogP contribution in [0.15, 0.2) is 0 Å². The first-order valence-corrected chi connectivity index (χ1v) is 2.05. The third-order valence-electron chi connectivity index (χ3n) is 0.775. The molecule has 0 aromatic rings. The fourth-order valence-corrected chi connectivity index (χ4v) is 0.173. The van der Waals surface area contributed by atoms with Crippen LogP contribution in [-0.4, -0.2) is 6.15 Å². The predicted octanol–water partition coefficient (Wildman–Crippen LogP) is -3.31. The number of nitriles is 4. The van der Waals surface area contributed by atoms with Gasteiger partial charge in [-0.3, -0.25) is 0 Å². The fraction of sp³-hybridized carbons (Fsp3) is 0. The second-order valence-electron chi connectivity index (χ2n) is 1.38. The Morgan fingerprint density at radius 1 is 0.700 bits per heavy atom. The van der Waals surface area contributed by atoms with Crippen LogP contribution >= 0.6 is 0 Å². The van der Waals surface area contributed by atoms with E-state index in [1.807, 2.05) is 0 Å². The van der Waals surface area contributed by atoms with Crippen molar-refractivity contribution in [2.45, 2.75) is 0 Å². The molecule has 0 bridgehead atoms. The predicted molar refractivity (Wildman–Crippen MR) is 28.2 cm³/mol. The van der Waals surface area contributed by atoms with E-state index in [0.717, 1.165) is 0 Å². The third kappa shape index (κ3) is 2.50. The van der Waals surface area contributed by atoms with Crippen LogP contribution in [0.4, 0.5) is 0 Å². The number of rotatable bonds is 0. The summed E-state index contributed by atoms with van der Waals surface area (Å²) in [7, 11) is 0. The summed E-state index contributed by atoms with van der Waals surface area (Å²) in [5, 5.41) is 32.3. The van der Waals surface area contributed by atoms with E-state index in [0.29, 0.717) is 0 Å². The second kappa shape index (κ2) is 5.45. The smallest absolute Gasteiger partial charge is 0.245 e. The van der Waals surface area contributed by atoms with Gasteiger partial charge in [0.15, 0.2) is 0 Å². The maximum atomic E-state index is 8.09. The Labute approximate surface area is 101 Å². The van der Waals surface area contributed by atoms with Gasteiger partial charge >= 0.3 is 57.5 Å². The summed E-state index contributed by atoms with van der Waals surface area (Å²) < 4.78 is 0. The molecule has 0 aromatic carbocycles. The topological polar surface area (TPSA) is 95.2 Å². The minimum Gasteiger partial charge on any atom is -0.245 e. The molecular formula is C4BKN4. The zero-order valence-corrected chi connectivity index (χ0v) is 8.49. The Kier molecular flexibility index (Phi) is 6.73. The molecule has 0 atom stereocenters. The molecule has 40 valence electrons. The minimum absolute atomic E-state index is 0. The van der Waals surface area contributed by atoms with Gasteiger partial charge in [-0.05, 0) is 0 Å². The van der Waals surface area contributed by atoms with Crippen molar-refractivity contribution in [2.24, 2.45) is 0 Å². The van der Waals surface area contributed by atoms with Crippen molar-refractivity contribution < 1.29 is 51.4 Å².